The second kappa shape index (κ2) is 10.0. The maximum absolute atomic E-state index is 12.3. The molecule has 0 fully saturated rings. The van der Waals surface area contributed by atoms with E-state index in [0.29, 0.717) is 11.3 Å². The topological polar surface area (TPSA) is 102 Å². The summed E-state index contributed by atoms with van der Waals surface area (Å²) >= 11 is 0. The fraction of sp³-hybridized carbons (Fsp3) is 0.300. The van der Waals surface area contributed by atoms with Crippen LogP contribution in [0.2, 0.25) is 0 Å². The normalized spacial score (nSPS) is 11.2. The molecule has 0 unspecified atom stereocenters. The first kappa shape index (κ1) is 22.4. The number of hydrogen-bond acceptors (Lipinski definition) is 6. The van der Waals surface area contributed by atoms with Crippen LogP contribution >= 0.6 is 0 Å². The van der Waals surface area contributed by atoms with Gasteiger partial charge in [-0.15, -0.1) is 0 Å². The Bertz CT molecular complexity index is 958. The second-order valence-corrected chi connectivity index (χ2v) is 8.50. The molecule has 0 radical (unpaired) electrons. The summed E-state index contributed by atoms with van der Waals surface area (Å²) in [5.74, 6) is -0.560. The minimum absolute atomic E-state index is 0.0254. The first-order chi connectivity index (χ1) is 13.7. The highest BCUT2D eigenvalue weighted by atomic mass is 32.2. The highest BCUT2D eigenvalue weighted by Gasteiger charge is 2.21. The minimum atomic E-state index is -3.69. The van der Waals surface area contributed by atoms with Gasteiger partial charge in [-0.25, -0.2) is 17.5 Å². The van der Waals surface area contributed by atoms with Crippen molar-refractivity contribution in [3.8, 4) is 5.75 Å². The maximum atomic E-state index is 12.3. The number of aryl methyl sites for hydroxylation is 1. The molecule has 0 aliphatic carbocycles. The molecule has 2 rings (SSSR count). The molecule has 0 saturated heterocycles. The molecule has 0 atom stereocenters. The van der Waals surface area contributed by atoms with Crippen LogP contribution in [0.5, 0.6) is 5.75 Å². The predicted octanol–water partition coefficient (Wildman–Crippen LogP) is 1.60. The van der Waals surface area contributed by atoms with E-state index >= 15 is 0 Å². The third-order valence-electron chi connectivity index (χ3n) is 3.98. The van der Waals surface area contributed by atoms with E-state index in [0.717, 1.165) is 4.31 Å². The van der Waals surface area contributed by atoms with Crippen LogP contribution in [0.3, 0.4) is 0 Å². The van der Waals surface area contributed by atoms with Crippen LogP contribution in [0, 0.1) is 6.92 Å². The van der Waals surface area contributed by atoms with Crippen LogP contribution in [0.4, 0.5) is 0 Å². The van der Waals surface area contributed by atoms with Gasteiger partial charge in [0, 0.05) is 14.1 Å². The third-order valence-corrected chi connectivity index (χ3v) is 5.79. The Labute approximate surface area is 170 Å². The number of carbonyl (C=O) groups excluding carboxylic acids is 2. The number of ether oxygens (including phenoxy) is 2. The number of para-hydroxylation sites is 1. The van der Waals surface area contributed by atoms with Crippen LogP contribution in [-0.2, 0) is 19.6 Å². The van der Waals surface area contributed by atoms with E-state index in [4.69, 9.17) is 9.47 Å². The van der Waals surface area contributed by atoms with E-state index in [2.05, 4.69) is 5.32 Å². The predicted molar refractivity (Wildman–Crippen MR) is 107 cm³/mol. The molecule has 0 saturated carbocycles. The molecule has 2 aromatic rings. The molecule has 1 N–H and O–H groups in total. The Morgan fingerprint density at radius 1 is 1.07 bits per heavy atom. The van der Waals surface area contributed by atoms with Gasteiger partial charge in [-0.1, -0.05) is 24.3 Å². The van der Waals surface area contributed by atoms with Crippen LogP contribution in [0.25, 0.3) is 0 Å². The lowest BCUT2D eigenvalue weighted by Gasteiger charge is -2.13. The van der Waals surface area contributed by atoms with Crippen molar-refractivity contribution in [1.82, 2.24) is 9.62 Å². The monoisotopic (exact) mass is 420 g/mol. The summed E-state index contributed by atoms with van der Waals surface area (Å²) in [6.07, 6.45) is 0. The molecule has 8 nitrogen and oxygen atoms in total. The Morgan fingerprint density at radius 2 is 1.76 bits per heavy atom. The van der Waals surface area contributed by atoms with Gasteiger partial charge in [-0.05, 0) is 36.8 Å². The number of carbonyl (C=O) groups is 2. The van der Waals surface area contributed by atoms with Crippen LogP contribution in [0.15, 0.2) is 53.4 Å². The van der Waals surface area contributed by atoms with Gasteiger partial charge in [0.25, 0.3) is 5.91 Å². The summed E-state index contributed by atoms with van der Waals surface area (Å²) in [6, 6.07) is 13.3. The smallest absolute Gasteiger partial charge is 0.338 e. The summed E-state index contributed by atoms with van der Waals surface area (Å²) in [6.45, 7) is 1.70. The third kappa shape index (κ3) is 6.30. The van der Waals surface area contributed by atoms with Gasteiger partial charge >= 0.3 is 5.97 Å². The number of esters is 1. The molecule has 0 aliphatic rings. The molecule has 0 bridgehead atoms. The van der Waals surface area contributed by atoms with Crippen molar-refractivity contribution in [3.05, 3.63) is 59.7 Å². The second-order valence-electron chi connectivity index (χ2n) is 6.35. The summed E-state index contributed by atoms with van der Waals surface area (Å²) in [4.78, 5) is 24.1. The number of nitrogens with one attached hydrogen (secondary N) is 1. The molecular formula is C20H24N2O6S. The maximum Gasteiger partial charge on any atom is 0.338 e. The fourth-order valence-electron chi connectivity index (χ4n) is 2.33. The number of benzene rings is 2. The van der Waals surface area contributed by atoms with Crippen molar-refractivity contribution < 1.29 is 27.5 Å². The van der Waals surface area contributed by atoms with E-state index in [1.807, 2.05) is 18.2 Å². The molecule has 0 aromatic heterocycles. The number of nitrogens with zero attached hydrogens (tertiary/aromatic N) is 1. The quantitative estimate of drug-likeness (QED) is 0.488. The first-order valence-corrected chi connectivity index (χ1v) is 10.3. The summed E-state index contributed by atoms with van der Waals surface area (Å²) in [5.41, 5.74) is 0.637. The van der Waals surface area contributed by atoms with Gasteiger partial charge in [0.05, 0.1) is 17.0 Å². The molecule has 156 valence electrons. The van der Waals surface area contributed by atoms with E-state index < -0.39 is 28.5 Å². The minimum Gasteiger partial charge on any atom is -0.492 e. The van der Waals surface area contributed by atoms with Gasteiger partial charge in [-0.3, -0.25) is 4.79 Å². The van der Waals surface area contributed by atoms with E-state index in [1.54, 1.807) is 19.1 Å². The lowest BCUT2D eigenvalue weighted by molar-refractivity contribution is -0.124. The van der Waals surface area contributed by atoms with Crippen molar-refractivity contribution in [2.45, 2.75) is 11.8 Å². The lowest BCUT2D eigenvalue weighted by atomic mass is 10.1. The Kier molecular flexibility index (Phi) is 7.74. The molecule has 1 amide bonds. The zero-order chi connectivity index (χ0) is 21.4. The number of rotatable bonds is 9. The van der Waals surface area contributed by atoms with E-state index in [-0.39, 0.29) is 23.6 Å². The Hall–Kier alpha value is -2.91. The Morgan fingerprint density at radius 3 is 2.41 bits per heavy atom. The largest absolute Gasteiger partial charge is 0.492 e. The number of hydrogen-bond donors (Lipinski definition) is 1. The lowest BCUT2D eigenvalue weighted by Crippen LogP contribution is -2.32. The zero-order valence-corrected chi connectivity index (χ0v) is 17.4. The molecular weight excluding hydrogens is 396 g/mol. The molecule has 0 heterocycles. The van der Waals surface area contributed by atoms with Crippen molar-refractivity contribution in [3.63, 3.8) is 0 Å². The standard InChI is InChI=1S/C20H24N2O6S/c1-15-9-10-17(29(25,26)22(2)3)13-18(15)20(24)28-14-19(23)21-11-12-27-16-7-5-4-6-8-16/h4-10,13H,11-12,14H2,1-3H3,(H,21,23). The van der Waals surface area contributed by atoms with Gasteiger partial charge in [0.2, 0.25) is 10.0 Å². The average Bonchev–Trinajstić information content (AvgIpc) is 2.70. The highest BCUT2D eigenvalue weighted by molar-refractivity contribution is 7.89. The van der Waals surface area contributed by atoms with Crippen molar-refractivity contribution in [1.29, 1.82) is 0 Å². The fourth-order valence-corrected chi connectivity index (χ4v) is 3.26. The summed E-state index contributed by atoms with van der Waals surface area (Å²) in [7, 11) is -0.883. The highest BCUT2D eigenvalue weighted by Crippen LogP contribution is 2.18. The van der Waals surface area contributed by atoms with E-state index in [1.165, 1.54) is 32.3 Å². The molecule has 9 heteroatoms. The SMILES string of the molecule is Cc1ccc(S(=O)(=O)N(C)C)cc1C(=O)OCC(=O)NCCOc1ccccc1. The summed E-state index contributed by atoms with van der Waals surface area (Å²) < 4.78 is 36.0. The van der Waals surface area contributed by atoms with Gasteiger partial charge in [-0.2, -0.15) is 0 Å². The van der Waals surface area contributed by atoms with Crippen LogP contribution < -0.4 is 10.1 Å². The molecule has 0 aliphatic heterocycles. The molecule has 29 heavy (non-hydrogen) atoms. The average molecular weight is 420 g/mol. The number of amides is 1. The number of sulfonamides is 1. The van der Waals surface area contributed by atoms with Crippen LogP contribution in [-0.4, -0.2) is 58.5 Å². The first-order valence-electron chi connectivity index (χ1n) is 8.86. The van der Waals surface area contributed by atoms with Crippen molar-refractivity contribution in [2.75, 3.05) is 33.9 Å². The molecule has 2 aromatic carbocycles. The van der Waals surface area contributed by atoms with Gasteiger partial charge < -0.3 is 14.8 Å². The van der Waals surface area contributed by atoms with Gasteiger partial charge in [0.15, 0.2) is 6.61 Å². The Balaban J connectivity index is 1.86. The van der Waals surface area contributed by atoms with Crippen molar-refractivity contribution in [2.24, 2.45) is 0 Å². The van der Waals surface area contributed by atoms with Crippen molar-refractivity contribution >= 4 is 21.9 Å². The van der Waals surface area contributed by atoms with E-state index in [9.17, 15) is 18.0 Å². The molecule has 0 spiro atoms. The zero-order valence-electron chi connectivity index (χ0n) is 16.5. The summed E-state index contributed by atoms with van der Waals surface area (Å²) in [5, 5.41) is 2.58. The van der Waals surface area contributed by atoms with Gasteiger partial charge in [0.1, 0.15) is 12.4 Å². The van der Waals surface area contributed by atoms with Crippen LogP contribution in [0.1, 0.15) is 15.9 Å².